The summed E-state index contributed by atoms with van der Waals surface area (Å²) in [5.74, 6) is 1.40. The number of hydrogen-bond acceptors (Lipinski definition) is 3. The van der Waals surface area contributed by atoms with Gasteiger partial charge in [0, 0.05) is 24.2 Å². The number of aromatic nitrogens is 2. The molecule has 0 saturated carbocycles. The summed E-state index contributed by atoms with van der Waals surface area (Å²) in [4.78, 5) is 2.26. The summed E-state index contributed by atoms with van der Waals surface area (Å²) in [5.41, 5.74) is 2.48. The van der Waals surface area contributed by atoms with E-state index < -0.39 is 0 Å². The van der Waals surface area contributed by atoms with Crippen LogP contribution in [-0.2, 0) is 6.54 Å². The Morgan fingerprint density at radius 2 is 2.50 bits per heavy atom. The number of nitrogens with one attached hydrogen (secondary N) is 1. The molecule has 0 radical (unpaired) electrons. The van der Waals surface area contributed by atoms with Crippen LogP contribution in [0.4, 0.5) is 0 Å². The maximum Gasteiger partial charge on any atom is 0.169 e. The molecule has 3 heterocycles. The molecule has 0 bridgehead atoms. The standard InChI is InChI=1S/C11H12BrN3O/c1-15-5-9(7-3-13-14-4-7)8-2-11(12)16-10(8)6-15/h2-4,9H,5-6H2,1H3,(H,13,14). The van der Waals surface area contributed by atoms with Gasteiger partial charge in [-0.1, -0.05) is 0 Å². The van der Waals surface area contributed by atoms with Crippen molar-refractivity contribution in [2.75, 3.05) is 13.6 Å². The lowest BCUT2D eigenvalue weighted by atomic mass is 9.90. The highest BCUT2D eigenvalue weighted by Gasteiger charge is 2.28. The second kappa shape index (κ2) is 3.75. The molecule has 0 amide bonds. The Labute approximate surface area is 102 Å². The summed E-state index contributed by atoms with van der Waals surface area (Å²) in [5, 5.41) is 6.88. The zero-order chi connectivity index (χ0) is 11.1. The third-order valence-electron chi connectivity index (χ3n) is 3.02. The number of aromatic amines is 1. The summed E-state index contributed by atoms with van der Waals surface area (Å²) < 4.78 is 6.46. The number of hydrogen-bond donors (Lipinski definition) is 1. The van der Waals surface area contributed by atoms with E-state index in [1.165, 1.54) is 11.1 Å². The van der Waals surface area contributed by atoms with Crippen molar-refractivity contribution in [1.82, 2.24) is 15.1 Å². The van der Waals surface area contributed by atoms with E-state index in [9.17, 15) is 0 Å². The zero-order valence-corrected chi connectivity index (χ0v) is 10.5. The monoisotopic (exact) mass is 281 g/mol. The Hall–Kier alpha value is -1.07. The third-order valence-corrected chi connectivity index (χ3v) is 3.41. The van der Waals surface area contributed by atoms with Gasteiger partial charge in [-0.15, -0.1) is 0 Å². The zero-order valence-electron chi connectivity index (χ0n) is 8.90. The molecule has 0 saturated heterocycles. The smallest absolute Gasteiger partial charge is 0.169 e. The summed E-state index contributed by atoms with van der Waals surface area (Å²) >= 11 is 3.39. The van der Waals surface area contributed by atoms with Crippen molar-refractivity contribution in [1.29, 1.82) is 0 Å². The molecule has 1 atom stereocenters. The number of likely N-dealkylation sites (N-methyl/N-ethyl adjacent to an activating group) is 1. The van der Waals surface area contributed by atoms with Gasteiger partial charge in [0.25, 0.3) is 0 Å². The van der Waals surface area contributed by atoms with E-state index >= 15 is 0 Å². The lowest BCUT2D eigenvalue weighted by Gasteiger charge is -2.28. The van der Waals surface area contributed by atoms with Crippen molar-refractivity contribution in [3.63, 3.8) is 0 Å². The Kier molecular flexibility index (Phi) is 2.37. The Morgan fingerprint density at radius 1 is 1.62 bits per heavy atom. The molecule has 2 aromatic rings. The lowest BCUT2D eigenvalue weighted by Crippen LogP contribution is -2.29. The second-order valence-corrected chi connectivity index (χ2v) is 4.99. The topological polar surface area (TPSA) is 45.1 Å². The predicted octanol–water partition coefficient (Wildman–Crippen LogP) is 2.34. The van der Waals surface area contributed by atoms with Gasteiger partial charge in [-0.2, -0.15) is 5.10 Å². The van der Waals surface area contributed by atoms with Gasteiger partial charge in [-0.3, -0.25) is 10.00 Å². The minimum Gasteiger partial charge on any atom is -0.453 e. The van der Waals surface area contributed by atoms with E-state index in [-0.39, 0.29) is 0 Å². The van der Waals surface area contributed by atoms with Gasteiger partial charge in [0.1, 0.15) is 5.76 Å². The molecule has 5 heteroatoms. The molecular weight excluding hydrogens is 270 g/mol. The van der Waals surface area contributed by atoms with Crippen molar-refractivity contribution < 1.29 is 4.42 Å². The molecule has 4 nitrogen and oxygen atoms in total. The number of H-pyrrole nitrogens is 1. The second-order valence-electron chi connectivity index (χ2n) is 4.21. The molecule has 1 unspecified atom stereocenters. The first-order chi connectivity index (χ1) is 7.74. The highest BCUT2D eigenvalue weighted by molar-refractivity contribution is 9.10. The Morgan fingerprint density at radius 3 is 3.25 bits per heavy atom. The summed E-state index contributed by atoms with van der Waals surface area (Å²) in [7, 11) is 2.10. The van der Waals surface area contributed by atoms with Crippen LogP contribution >= 0.6 is 15.9 Å². The molecule has 2 aromatic heterocycles. The summed E-state index contributed by atoms with van der Waals surface area (Å²) in [6.45, 7) is 1.87. The number of rotatable bonds is 1. The highest BCUT2D eigenvalue weighted by atomic mass is 79.9. The van der Waals surface area contributed by atoms with Gasteiger partial charge >= 0.3 is 0 Å². The highest BCUT2D eigenvalue weighted by Crippen LogP contribution is 2.35. The van der Waals surface area contributed by atoms with E-state index in [0.29, 0.717) is 5.92 Å². The molecule has 0 fully saturated rings. The van der Waals surface area contributed by atoms with E-state index in [0.717, 1.165) is 23.5 Å². The Balaban J connectivity index is 2.06. The van der Waals surface area contributed by atoms with E-state index in [2.05, 4.69) is 44.1 Å². The fourth-order valence-electron chi connectivity index (χ4n) is 2.28. The van der Waals surface area contributed by atoms with Crippen molar-refractivity contribution >= 4 is 15.9 Å². The first kappa shape index (κ1) is 10.1. The van der Waals surface area contributed by atoms with Crippen LogP contribution in [0.2, 0.25) is 0 Å². The summed E-state index contributed by atoms with van der Waals surface area (Å²) in [6, 6.07) is 2.07. The maximum absolute atomic E-state index is 5.65. The van der Waals surface area contributed by atoms with Gasteiger partial charge in [0.15, 0.2) is 4.67 Å². The van der Waals surface area contributed by atoms with E-state index in [4.69, 9.17) is 4.42 Å². The van der Waals surface area contributed by atoms with Crippen molar-refractivity contribution in [2.45, 2.75) is 12.5 Å². The van der Waals surface area contributed by atoms with Crippen molar-refractivity contribution in [3.05, 3.63) is 40.0 Å². The molecule has 0 aliphatic carbocycles. The minimum absolute atomic E-state index is 0.350. The normalized spacial score (nSPS) is 21.0. The minimum atomic E-state index is 0.350. The molecule has 1 N–H and O–H groups in total. The molecule has 0 spiro atoms. The molecule has 0 aromatic carbocycles. The van der Waals surface area contributed by atoms with Gasteiger partial charge in [-0.25, -0.2) is 0 Å². The number of halogens is 1. The predicted molar refractivity (Wildman–Crippen MR) is 63.2 cm³/mol. The molecule has 16 heavy (non-hydrogen) atoms. The van der Waals surface area contributed by atoms with Crippen LogP contribution < -0.4 is 0 Å². The first-order valence-corrected chi connectivity index (χ1v) is 5.98. The first-order valence-electron chi connectivity index (χ1n) is 5.19. The number of furan rings is 1. The Bertz CT molecular complexity index is 491. The van der Waals surface area contributed by atoms with E-state index in [1.54, 1.807) is 0 Å². The molecule has 1 aliphatic rings. The number of nitrogens with zero attached hydrogens (tertiary/aromatic N) is 2. The molecule has 84 valence electrons. The fourth-order valence-corrected chi connectivity index (χ4v) is 2.73. The molecule has 3 rings (SSSR count). The van der Waals surface area contributed by atoms with Crippen molar-refractivity contribution in [3.8, 4) is 0 Å². The van der Waals surface area contributed by atoms with Gasteiger partial charge in [0.05, 0.1) is 12.7 Å². The van der Waals surface area contributed by atoms with Gasteiger partial charge in [-0.05, 0) is 34.6 Å². The maximum atomic E-state index is 5.65. The quantitative estimate of drug-likeness (QED) is 0.873. The average molecular weight is 282 g/mol. The van der Waals surface area contributed by atoms with Crippen LogP contribution in [0.3, 0.4) is 0 Å². The molecule has 1 aliphatic heterocycles. The van der Waals surface area contributed by atoms with Crippen LogP contribution in [0.15, 0.2) is 27.5 Å². The molecular formula is C11H12BrN3O. The average Bonchev–Trinajstić information content (AvgIpc) is 2.83. The third kappa shape index (κ3) is 1.60. The van der Waals surface area contributed by atoms with Crippen LogP contribution in [-0.4, -0.2) is 28.7 Å². The van der Waals surface area contributed by atoms with Gasteiger partial charge < -0.3 is 4.42 Å². The number of fused-ring (bicyclic) bond motifs is 1. The SMILES string of the molecule is CN1Cc2oc(Br)cc2C(c2cn[nH]c2)C1. The lowest BCUT2D eigenvalue weighted by molar-refractivity contribution is 0.260. The van der Waals surface area contributed by atoms with Crippen LogP contribution in [0, 0.1) is 0 Å². The van der Waals surface area contributed by atoms with Crippen LogP contribution in [0.5, 0.6) is 0 Å². The van der Waals surface area contributed by atoms with Gasteiger partial charge in [0.2, 0.25) is 0 Å². The van der Waals surface area contributed by atoms with Crippen molar-refractivity contribution in [2.24, 2.45) is 0 Å². The van der Waals surface area contributed by atoms with E-state index in [1.807, 2.05) is 12.4 Å². The summed E-state index contributed by atoms with van der Waals surface area (Å²) in [6.07, 6.45) is 3.84. The largest absolute Gasteiger partial charge is 0.453 e. The van der Waals surface area contributed by atoms with Crippen LogP contribution in [0.25, 0.3) is 0 Å². The fraction of sp³-hybridized carbons (Fsp3) is 0.364. The van der Waals surface area contributed by atoms with Crippen LogP contribution in [0.1, 0.15) is 22.8 Å².